The van der Waals surface area contributed by atoms with Crippen LogP contribution in [0, 0.1) is 0 Å². The number of halogens is 1. The average Bonchev–Trinajstić information content (AvgIpc) is 2.61. The molecule has 0 aliphatic carbocycles. The van der Waals surface area contributed by atoms with E-state index in [0.717, 1.165) is 44.0 Å². The summed E-state index contributed by atoms with van der Waals surface area (Å²) in [5.74, 6) is 1.12. The molecular weight excluding hydrogens is 312 g/mol. The number of rotatable bonds is 4. The average molecular weight is 331 g/mol. The molecule has 0 bridgehead atoms. The Balaban J connectivity index is 1.48. The van der Waals surface area contributed by atoms with Crippen molar-refractivity contribution in [3.05, 3.63) is 53.4 Å². The maximum Gasteiger partial charge on any atom is 0.223 e. The molecule has 0 atom stereocenters. The monoisotopic (exact) mass is 330 g/mol. The van der Waals surface area contributed by atoms with Crippen LogP contribution in [0.1, 0.15) is 12.0 Å². The Bertz CT molecular complexity index is 639. The Hall–Kier alpha value is -2.14. The van der Waals surface area contributed by atoms with Crippen LogP contribution < -0.4 is 4.90 Å². The summed E-state index contributed by atoms with van der Waals surface area (Å²) < 4.78 is 0. The summed E-state index contributed by atoms with van der Waals surface area (Å²) in [4.78, 5) is 24.8. The summed E-state index contributed by atoms with van der Waals surface area (Å²) >= 11 is 5.86. The number of hydrogen-bond donors (Lipinski definition) is 0. The van der Waals surface area contributed by atoms with Gasteiger partial charge in [-0.2, -0.15) is 0 Å². The van der Waals surface area contributed by atoms with Crippen LogP contribution in [0.15, 0.2) is 42.9 Å². The van der Waals surface area contributed by atoms with Gasteiger partial charge in [0.05, 0.1) is 5.02 Å². The van der Waals surface area contributed by atoms with Crippen LogP contribution in [0.3, 0.4) is 0 Å². The predicted molar refractivity (Wildman–Crippen MR) is 90.6 cm³/mol. The van der Waals surface area contributed by atoms with E-state index in [1.807, 2.05) is 35.4 Å². The number of piperazine rings is 1. The number of carbonyl (C=O) groups is 1. The zero-order valence-electron chi connectivity index (χ0n) is 12.9. The van der Waals surface area contributed by atoms with Gasteiger partial charge in [0.2, 0.25) is 5.91 Å². The van der Waals surface area contributed by atoms with E-state index >= 15 is 0 Å². The Morgan fingerprint density at radius 1 is 1.13 bits per heavy atom. The maximum atomic E-state index is 12.3. The lowest BCUT2D eigenvalue weighted by molar-refractivity contribution is -0.131. The molecular formula is C17H19ClN4O. The highest BCUT2D eigenvalue weighted by Gasteiger charge is 2.21. The van der Waals surface area contributed by atoms with Gasteiger partial charge in [0.15, 0.2) is 0 Å². The van der Waals surface area contributed by atoms with Crippen molar-refractivity contribution in [2.24, 2.45) is 0 Å². The van der Waals surface area contributed by atoms with Gasteiger partial charge in [0, 0.05) is 51.2 Å². The van der Waals surface area contributed by atoms with Crippen molar-refractivity contribution in [2.45, 2.75) is 12.8 Å². The van der Waals surface area contributed by atoms with E-state index in [1.165, 1.54) is 0 Å². The Morgan fingerprint density at radius 3 is 2.61 bits per heavy atom. The normalized spacial score (nSPS) is 14.8. The number of hydrogen-bond acceptors (Lipinski definition) is 4. The van der Waals surface area contributed by atoms with Crippen molar-refractivity contribution in [1.29, 1.82) is 0 Å². The van der Waals surface area contributed by atoms with Crippen LogP contribution in [-0.4, -0.2) is 47.0 Å². The SMILES string of the molecule is O=C(CCc1cccnc1)N1CCN(c2ccc(Cl)cn2)CC1. The molecule has 0 radical (unpaired) electrons. The van der Waals surface area contributed by atoms with Crippen LogP contribution in [0.5, 0.6) is 0 Å². The van der Waals surface area contributed by atoms with Crippen LogP contribution in [0.2, 0.25) is 5.02 Å². The molecule has 1 aliphatic heterocycles. The summed E-state index contributed by atoms with van der Waals surface area (Å²) in [6.07, 6.45) is 6.49. The van der Waals surface area contributed by atoms with Gasteiger partial charge >= 0.3 is 0 Å². The molecule has 6 heteroatoms. The third-order valence-electron chi connectivity index (χ3n) is 4.02. The molecule has 1 saturated heterocycles. The van der Waals surface area contributed by atoms with Crippen molar-refractivity contribution < 1.29 is 4.79 Å². The largest absolute Gasteiger partial charge is 0.353 e. The quantitative estimate of drug-likeness (QED) is 0.864. The van der Waals surface area contributed by atoms with Crippen LogP contribution in [-0.2, 0) is 11.2 Å². The third kappa shape index (κ3) is 4.20. The number of carbonyl (C=O) groups excluding carboxylic acids is 1. The summed E-state index contributed by atoms with van der Waals surface area (Å²) in [7, 11) is 0. The van der Waals surface area contributed by atoms with Gasteiger partial charge in [0.1, 0.15) is 5.82 Å². The first-order chi connectivity index (χ1) is 11.2. The summed E-state index contributed by atoms with van der Waals surface area (Å²) in [5, 5.41) is 0.637. The number of aromatic nitrogens is 2. The minimum atomic E-state index is 0.206. The van der Waals surface area contributed by atoms with Crippen molar-refractivity contribution >= 4 is 23.3 Å². The Labute approximate surface area is 140 Å². The fraction of sp³-hybridized carbons (Fsp3) is 0.353. The highest BCUT2D eigenvalue weighted by Crippen LogP contribution is 2.16. The number of nitrogens with zero attached hydrogens (tertiary/aromatic N) is 4. The zero-order chi connectivity index (χ0) is 16.1. The lowest BCUT2D eigenvalue weighted by atomic mass is 10.1. The molecule has 23 heavy (non-hydrogen) atoms. The molecule has 0 N–H and O–H groups in total. The second-order valence-electron chi connectivity index (χ2n) is 5.56. The van der Waals surface area contributed by atoms with Crippen LogP contribution in [0.25, 0.3) is 0 Å². The highest BCUT2D eigenvalue weighted by molar-refractivity contribution is 6.30. The molecule has 0 aromatic carbocycles. The second-order valence-corrected chi connectivity index (χ2v) is 6.00. The van der Waals surface area contributed by atoms with Crippen LogP contribution in [0.4, 0.5) is 5.82 Å². The lowest BCUT2D eigenvalue weighted by Crippen LogP contribution is -2.49. The Morgan fingerprint density at radius 2 is 1.96 bits per heavy atom. The topological polar surface area (TPSA) is 49.3 Å². The zero-order valence-corrected chi connectivity index (χ0v) is 13.6. The standard InChI is InChI=1S/C17H19ClN4O/c18-15-4-5-16(20-13-15)21-8-10-22(11-9-21)17(23)6-3-14-2-1-7-19-12-14/h1-2,4-5,7,12-13H,3,6,8-11H2. The number of pyridine rings is 2. The van der Waals surface area contributed by atoms with E-state index < -0.39 is 0 Å². The summed E-state index contributed by atoms with van der Waals surface area (Å²) in [5.41, 5.74) is 1.10. The molecule has 0 saturated carbocycles. The fourth-order valence-electron chi connectivity index (χ4n) is 2.70. The van der Waals surface area contributed by atoms with E-state index in [9.17, 15) is 4.79 Å². The molecule has 1 amide bonds. The first-order valence-corrected chi connectivity index (χ1v) is 8.13. The first-order valence-electron chi connectivity index (χ1n) is 7.75. The number of anilines is 1. The van der Waals surface area contributed by atoms with Crippen molar-refractivity contribution in [2.75, 3.05) is 31.1 Å². The highest BCUT2D eigenvalue weighted by atomic mass is 35.5. The number of aryl methyl sites for hydroxylation is 1. The minimum Gasteiger partial charge on any atom is -0.353 e. The Kier molecular flexibility index (Phi) is 5.08. The molecule has 0 spiro atoms. The minimum absolute atomic E-state index is 0.206. The van der Waals surface area contributed by atoms with Gasteiger partial charge in [-0.15, -0.1) is 0 Å². The predicted octanol–water partition coefficient (Wildman–Crippen LogP) is 2.41. The smallest absolute Gasteiger partial charge is 0.223 e. The van der Waals surface area contributed by atoms with E-state index in [2.05, 4.69) is 14.9 Å². The van der Waals surface area contributed by atoms with Gasteiger partial charge in [-0.05, 0) is 30.2 Å². The van der Waals surface area contributed by atoms with Crippen LogP contribution >= 0.6 is 11.6 Å². The van der Waals surface area contributed by atoms with Gasteiger partial charge in [0.25, 0.3) is 0 Å². The van der Waals surface area contributed by atoms with Crippen molar-refractivity contribution in [1.82, 2.24) is 14.9 Å². The van der Waals surface area contributed by atoms with E-state index in [4.69, 9.17) is 11.6 Å². The maximum absolute atomic E-state index is 12.3. The molecule has 1 aliphatic rings. The first kappa shape index (κ1) is 15.7. The lowest BCUT2D eigenvalue weighted by Gasteiger charge is -2.35. The van der Waals surface area contributed by atoms with E-state index in [1.54, 1.807) is 12.4 Å². The molecule has 1 fully saturated rings. The van der Waals surface area contributed by atoms with E-state index in [0.29, 0.717) is 11.4 Å². The summed E-state index contributed by atoms with van der Waals surface area (Å²) in [6.45, 7) is 3.06. The number of amides is 1. The third-order valence-corrected chi connectivity index (χ3v) is 4.24. The van der Waals surface area contributed by atoms with Gasteiger partial charge in [-0.3, -0.25) is 9.78 Å². The van der Waals surface area contributed by atoms with Gasteiger partial charge < -0.3 is 9.80 Å². The van der Waals surface area contributed by atoms with Gasteiger partial charge in [-0.25, -0.2) is 4.98 Å². The molecule has 2 aromatic rings. The second kappa shape index (κ2) is 7.42. The molecule has 3 heterocycles. The molecule has 0 unspecified atom stereocenters. The molecule has 120 valence electrons. The summed E-state index contributed by atoms with van der Waals surface area (Å²) in [6, 6.07) is 7.67. The molecule has 2 aromatic heterocycles. The van der Waals surface area contributed by atoms with Crippen molar-refractivity contribution in [3.63, 3.8) is 0 Å². The molecule has 3 rings (SSSR count). The molecule has 5 nitrogen and oxygen atoms in total. The van der Waals surface area contributed by atoms with Crippen molar-refractivity contribution in [3.8, 4) is 0 Å². The van der Waals surface area contributed by atoms with E-state index in [-0.39, 0.29) is 5.91 Å². The van der Waals surface area contributed by atoms with Gasteiger partial charge in [-0.1, -0.05) is 17.7 Å². The fourth-order valence-corrected chi connectivity index (χ4v) is 2.81.